The Morgan fingerprint density at radius 1 is 1.44 bits per heavy atom. The molecule has 1 atom stereocenters. The van der Waals surface area contributed by atoms with Crippen molar-refractivity contribution >= 4 is 6.09 Å². The number of amides is 1. The highest BCUT2D eigenvalue weighted by Gasteiger charge is 2.28. The standard InChI is InChI=1S/C11H24N2O3/c1-6-11(12,8-14)7-13(5)9(15)16-10(2,3)4/h14H,6-8,12H2,1-5H3. The zero-order valence-electron chi connectivity index (χ0n) is 10.9. The van der Waals surface area contributed by atoms with Gasteiger partial charge in [0.25, 0.3) is 0 Å². The minimum absolute atomic E-state index is 0.156. The number of carbonyl (C=O) groups is 1. The third-order valence-corrected chi connectivity index (χ3v) is 2.28. The maximum atomic E-state index is 11.6. The van der Waals surface area contributed by atoms with E-state index in [4.69, 9.17) is 15.6 Å². The quantitative estimate of drug-likeness (QED) is 0.756. The summed E-state index contributed by atoms with van der Waals surface area (Å²) in [6.07, 6.45) is 0.167. The van der Waals surface area contributed by atoms with Crippen LogP contribution in [-0.2, 0) is 4.74 Å². The maximum absolute atomic E-state index is 11.6. The highest BCUT2D eigenvalue weighted by molar-refractivity contribution is 5.67. The van der Waals surface area contributed by atoms with E-state index in [2.05, 4.69) is 0 Å². The van der Waals surface area contributed by atoms with E-state index in [1.54, 1.807) is 27.8 Å². The number of nitrogens with zero attached hydrogens (tertiary/aromatic N) is 1. The van der Waals surface area contributed by atoms with Crippen LogP contribution in [0.3, 0.4) is 0 Å². The monoisotopic (exact) mass is 232 g/mol. The van der Waals surface area contributed by atoms with Gasteiger partial charge in [-0.3, -0.25) is 0 Å². The normalized spacial score (nSPS) is 15.4. The molecular formula is C11H24N2O3. The average molecular weight is 232 g/mol. The molecule has 1 unspecified atom stereocenters. The van der Waals surface area contributed by atoms with Crippen LogP contribution < -0.4 is 5.73 Å². The van der Waals surface area contributed by atoms with E-state index in [0.717, 1.165) is 0 Å². The van der Waals surface area contributed by atoms with Crippen LogP contribution in [0, 0.1) is 0 Å². The molecule has 0 rings (SSSR count). The summed E-state index contributed by atoms with van der Waals surface area (Å²) in [5.41, 5.74) is 4.62. The van der Waals surface area contributed by atoms with Gasteiger partial charge in [0.15, 0.2) is 0 Å². The Balaban J connectivity index is 4.36. The molecule has 0 aliphatic carbocycles. The lowest BCUT2D eigenvalue weighted by atomic mass is 9.98. The minimum Gasteiger partial charge on any atom is -0.444 e. The molecule has 96 valence electrons. The first-order valence-corrected chi connectivity index (χ1v) is 5.47. The molecule has 0 aromatic rings. The third kappa shape index (κ3) is 5.32. The summed E-state index contributed by atoms with van der Waals surface area (Å²) < 4.78 is 5.18. The molecule has 5 heteroatoms. The molecular weight excluding hydrogens is 208 g/mol. The Hall–Kier alpha value is -0.810. The fraction of sp³-hybridized carbons (Fsp3) is 0.909. The van der Waals surface area contributed by atoms with E-state index < -0.39 is 17.2 Å². The van der Waals surface area contributed by atoms with Crippen LogP contribution in [0.4, 0.5) is 4.79 Å². The molecule has 0 aromatic carbocycles. The minimum atomic E-state index is -0.758. The van der Waals surface area contributed by atoms with Gasteiger partial charge in [0, 0.05) is 13.6 Å². The lowest BCUT2D eigenvalue weighted by Crippen LogP contribution is -2.53. The molecule has 0 radical (unpaired) electrons. The van der Waals surface area contributed by atoms with Crippen molar-refractivity contribution in [2.24, 2.45) is 5.73 Å². The second-order valence-electron chi connectivity index (χ2n) is 5.21. The molecule has 0 aromatic heterocycles. The molecule has 0 aliphatic heterocycles. The van der Waals surface area contributed by atoms with E-state index in [1.165, 1.54) is 4.90 Å². The first kappa shape index (κ1) is 15.2. The smallest absolute Gasteiger partial charge is 0.410 e. The number of aliphatic hydroxyl groups excluding tert-OH is 1. The van der Waals surface area contributed by atoms with Gasteiger partial charge < -0.3 is 20.5 Å². The highest BCUT2D eigenvalue weighted by Crippen LogP contribution is 2.12. The molecule has 5 nitrogen and oxygen atoms in total. The number of likely N-dealkylation sites (N-methyl/N-ethyl adjacent to an activating group) is 1. The van der Waals surface area contributed by atoms with Crippen LogP contribution in [0.1, 0.15) is 34.1 Å². The predicted molar refractivity (Wildman–Crippen MR) is 63.2 cm³/mol. The fourth-order valence-corrected chi connectivity index (χ4v) is 1.15. The fourth-order valence-electron chi connectivity index (χ4n) is 1.15. The Bertz CT molecular complexity index is 232. The van der Waals surface area contributed by atoms with Crippen molar-refractivity contribution in [3.8, 4) is 0 Å². The highest BCUT2D eigenvalue weighted by atomic mass is 16.6. The number of nitrogens with two attached hydrogens (primary N) is 1. The van der Waals surface area contributed by atoms with Gasteiger partial charge in [0.1, 0.15) is 5.60 Å². The number of carbonyl (C=O) groups excluding carboxylic acids is 1. The SMILES string of the molecule is CCC(N)(CO)CN(C)C(=O)OC(C)(C)C. The molecule has 16 heavy (non-hydrogen) atoms. The van der Waals surface area contributed by atoms with Crippen LogP contribution in [-0.4, -0.2) is 47.4 Å². The molecule has 0 aliphatic rings. The van der Waals surface area contributed by atoms with Gasteiger partial charge >= 0.3 is 6.09 Å². The van der Waals surface area contributed by atoms with Crippen LogP contribution in [0.5, 0.6) is 0 Å². The number of hydrogen-bond acceptors (Lipinski definition) is 4. The van der Waals surface area contributed by atoms with Crippen molar-refractivity contribution in [1.82, 2.24) is 4.90 Å². The number of rotatable bonds is 4. The van der Waals surface area contributed by atoms with Crippen molar-refractivity contribution in [1.29, 1.82) is 0 Å². The summed E-state index contributed by atoms with van der Waals surface area (Å²) in [5, 5.41) is 9.14. The first-order chi connectivity index (χ1) is 7.13. The number of hydrogen-bond donors (Lipinski definition) is 2. The molecule has 0 spiro atoms. The summed E-state index contributed by atoms with van der Waals surface area (Å²) in [7, 11) is 1.61. The lowest BCUT2D eigenvalue weighted by Gasteiger charge is -2.32. The number of aliphatic hydroxyl groups is 1. The Labute approximate surface area is 97.6 Å². The molecule has 0 heterocycles. The Morgan fingerprint density at radius 2 is 1.94 bits per heavy atom. The number of ether oxygens (including phenoxy) is 1. The van der Waals surface area contributed by atoms with Crippen LogP contribution in [0.25, 0.3) is 0 Å². The molecule has 1 amide bonds. The van der Waals surface area contributed by atoms with E-state index >= 15 is 0 Å². The first-order valence-electron chi connectivity index (χ1n) is 5.47. The van der Waals surface area contributed by atoms with Crippen LogP contribution >= 0.6 is 0 Å². The third-order valence-electron chi connectivity index (χ3n) is 2.28. The van der Waals surface area contributed by atoms with Gasteiger partial charge in [-0.2, -0.15) is 0 Å². The van der Waals surface area contributed by atoms with Gasteiger partial charge in [-0.25, -0.2) is 4.79 Å². The zero-order chi connectivity index (χ0) is 13.0. The van der Waals surface area contributed by atoms with Crippen molar-refractivity contribution in [3.05, 3.63) is 0 Å². The zero-order valence-corrected chi connectivity index (χ0v) is 10.9. The summed E-state index contributed by atoms with van der Waals surface area (Å²) in [6, 6.07) is 0. The Morgan fingerprint density at radius 3 is 2.25 bits per heavy atom. The largest absolute Gasteiger partial charge is 0.444 e. The Kier molecular flexibility index (Phi) is 5.22. The van der Waals surface area contributed by atoms with Crippen molar-refractivity contribution in [3.63, 3.8) is 0 Å². The molecule has 3 N–H and O–H groups in total. The summed E-state index contributed by atoms with van der Waals surface area (Å²) in [4.78, 5) is 13.0. The van der Waals surface area contributed by atoms with Crippen molar-refractivity contribution < 1.29 is 14.6 Å². The summed E-state index contributed by atoms with van der Waals surface area (Å²) in [6.45, 7) is 7.41. The molecule has 0 fully saturated rings. The van der Waals surface area contributed by atoms with E-state index in [9.17, 15) is 4.79 Å². The van der Waals surface area contributed by atoms with Crippen molar-refractivity contribution in [2.45, 2.75) is 45.3 Å². The van der Waals surface area contributed by atoms with Gasteiger partial charge in [-0.1, -0.05) is 6.92 Å². The molecule has 0 bridgehead atoms. The molecule has 0 saturated heterocycles. The van der Waals surface area contributed by atoms with E-state index in [1.807, 2.05) is 6.92 Å². The van der Waals surface area contributed by atoms with E-state index in [-0.39, 0.29) is 13.2 Å². The van der Waals surface area contributed by atoms with Crippen molar-refractivity contribution in [2.75, 3.05) is 20.2 Å². The van der Waals surface area contributed by atoms with Gasteiger partial charge in [0.05, 0.1) is 12.1 Å². The van der Waals surface area contributed by atoms with Crippen LogP contribution in [0.2, 0.25) is 0 Å². The van der Waals surface area contributed by atoms with Gasteiger partial charge in [-0.05, 0) is 27.2 Å². The van der Waals surface area contributed by atoms with E-state index in [0.29, 0.717) is 6.42 Å². The average Bonchev–Trinajstić information content (AvgIpc) is 2.15. The topological polar surface area (TPSA) is 75.8 Å². The second kappa shape index (κ2) is 5.50. The second-order valence-corrected chi connectivity index (χ2v) is 5.21. The maximum Gasteiger partial charge on any atom is 0.410 e. The summed E-state index contributed by atoms with van der Waals surface area (Å²) in [5.74, 6) is 0. The van der Waals surface area contributed by atoms with Gasteiger partial charge in [0.2, 0.25) is 0 Å². The van der Waals surface area contributed by atoms with Gasteiger partial charge in [-0.15, -0.1) is 0 Å². The molecule has 0 saturated carbocycles. The van der Waals surface area contributed by atoms with Crippen LogP contribution in [0.15, 0.2) is 0 Å². The summed E-state index contributed by atoms with van der Waals surface area (Å²) >= 11 is 0. The lowest BCUT2D eigenvalue weighted by molar-refractivity contribution is 0.0233. The predicted octanol–water partition coefficient (Wildman–Crippen LogP) is 0.953.